The first kappa shape index (κ1) is 17.8. The van der Waals surface area contributed by atoms with E-state index in [0.29, 0.717) is 12.3 Å². The summed E-state index contributed by atoms with van der Waals surface area (Å²) in [5.74, 6) is 0.387. The summed E-state index contributed by atoms with van der Waals surface area (Å²) in [6.07, 6.45) is 0. The maximum atomic E-state index is 13.0. The van der Waals surface area contributed by atoms with Gasteiger partial charge in [0.05, 0.1) is 12.1 Å². The minimum atomic E-state index is -0.566. The van der Waals surface area contributed by atoms with Gasteiger partial charge in [-0.1, -0.05) is 48.5 Å². The van der Waals surface area contributed by atoms with Gasteiger partial charge in [-0.05, 0) is 39.3 Å². The molecule has 4 rings (SSSR count). The number of fused-ring (bicyclic) bond motifs is 3. The lowest BCUT2D eigenvalue weighted by Crippen LogP contribution is -2.39. The molecule has 2 aromatic rings. The molecule has 2 heterocycles. The predicted octanol–water partition coefficient (Wildman–Crippen LogP) is 4.49. The molecule has 0 saturated heterocycles. The number of carbonyl (C=O) groups is 1. The predicted molar refractivity (Wildman–Crippen MR) is 105 cm³/mol. The third kappa shape index (κ3) is 3.03. The van der Waals surface area contributed by atoms with Crippen molar-refractivity contribution < 1.29 is 14.3 Å². The minimum absolute atomic E-state index is 0.0392. The fourth-order valence-corrected chi connectivity index (χ4v) is 4.18. The molecule has 0 radical (unpaired) electrons. The summed E-state index contributed by atoms with van der Waals surface area (Å²) in [5, 5.41) is 0. The topological polar surface area (TPSA) is 47.9 Å². The van der Waals surface area contributed by atoms with Crippen LogP contribution in [0.15, 0.2) is 59.6 Å². The molecule has 4 nitrogen and oxygen atoms in total. The standard InChI is InChI=1S/C23H25NO3/c1-22(2,3)27-21(25)20-19(15-10-6-5-7-11-15)17-14-26-18-13-9-8-12-16(18)23(17,4)24-20/h5-13,17,19H,14H2,1-4H3/t17-,19-,23-/m0/s1. The van der Waals surface area contributed by atoms with Gasteiger partial charge in [-0.25, -0.2) is 4.79 Å². The van der Waals surface area contributed by atoms with E-state index in [-0.39, 0.29) is 17.8 Å². The molecule has 0 bridgehead atoms. The number of rotatable bonds is 2. The monoisotopic (exact) mass is 363 g/mol. The van der Waals surface area contributed by atoms with Crippen LogP contribution in [0.3, 0.4) is 0 Å². The van der Waals surface area contributed by atoms with E-state index < -0.39 is 11.1 Å². The van der Waals surface area contributed by atoms with Crippen LogP contribution in [0, 0.1) is 5.92 Å². The van der Waals surface area contributed by atoms with Crippen LogP contribution in [-0.4, -0.2) is 23.9 Å². The molecule has 0 aromatic heterocycles. The van der Waals surface area contributed by atoms with Gasteiger partial charge in [-0.2, -0.15) is 0 Å². The Morgan fingerprint density at radius 3 is 2.48 bits per heavy atom. The lowest BCUT2D eigenvalue weighted by molar-refractivity contribution is -0.146. The maximum absolute atomic E-state index is 13.0. The van der Waals surface area contributed by atoms with Crippen molar-refractivity contribution >= 4 is 11.7 Å². The average molecular weight is 363 g/mol. The Morgan fingerprint density at radius 2 is 1.78 bits per heavy atom. The SMILES string of the molecule is CC(C)(C)OC(=O)C1=N[C@@]2(C)c3ccccc3OC[C@H]2[C@@H]1c1ccccc1. The molecule has 0 aliphatic carbocycles. The molecule has 4 heteroatoms. The van der Waals surface area contributed by atoms with E-state index in [0.717, 1.165) is 16.9 Å². The Kier molecular flexibility index (Phi) is 4.10. The number of nitrogens with zero attached hydrogens (tertiary/aromatic N) is 1. The molecule has 0 unspecified atom stereocenters. The van der Waals surface area contributed by atoms with E-state index in [4.69, 9.17) is 14.5 Å². The summed E-state index contributed by atoms with van der Waals surface area (Å²) in [6, 6.07) is 18.0. The molecule has 140 valence electrons. The van der Waals surface area contributed by atoms with Crippen molar-refractivity contribution in [3.63, 3.8) is 0 Å². The second-order valence-electron chi connectivity index (χ2n) is 8.45. The van der Waals surface area contributed by atoms with Crippen molar-refractivity contribution in [1.82, 2.24) is 0 Å². The van der Waals surface area contributed by atoms with Crippen LogP contribution in [-0.2, 0) is 15.1 Å². The van der Waals surface area contributed by atoms with E-state index in [2.05, 4.69) is 19.1 Å². The highest BCUT2D eigenvalue weighted by Gasteiger charge is 2.54. The zero-order chi connectivity index (χ0) is 19.2. The molecular formula is C23H25NO3. The fourth-order valence-electron chi connectivity index (χ4n) is 4.18. The van der Waals surface area contributed by atoms with E-state index >= 15 is 0 Å². The first-order chi connectivity index (χ1) is 12.8. The molecule has 2 aliphatic heterocycles. The number of para-hydroxylation sites is 1. The zero-order valence-corrected chi connectivity index (χ0v) is 16.2. The van der Waals surface area contributed by atoms with Gasteiger partial charge in [0.25, 0.3) is 0 Å². The van der Waals surface area contributed by atoms with Crippen molar-refractivity contribution in [2.45, 2.75) is 44.8 Å². The first-order valence-electron chi connectivity index (χ1n) is 9.40. The van der Waals surface area contributed by atoms with Crippen molar-refractivity contribution in [3.8, 4) is 5.75 Å². The van der Waals surface area contributed by atoms with Gasteiger partial charge in [0.2, 0.25) is 0 Å². The van der Waals surface area contributed by atoms with Crippen molar-refractivity contribution in [2.75, 3.05) is 6.61 Å². The van der Waals surface area contributed by atoms with E-state index in [9.17, 15) is 4.79 Å². The molecule has 2 aliphatic rings. The normalized spacial score (nSPS) is 26.4. The number of esters is 1. The van der Waals surface area contributed by atoms with Crippen molar-refractivity contribution in [2.24, 2.45) is 10.9 Å². The van der Waals surface area contributed by atoms with Crippen LogP contribution >= 0.6 is 0 Å². The van der Waals surface area contributed by atoms with Gasteiger partial charge in [-0.15, -0.1) is 0 Å². The summed E-state index contributed by atoms with van der Waals surface area (Å²) < 4.78 is 11.8. The number of benzene rings is 2. The number of aliphatic imine (C=N–C) groups is 1. The number of carbonyl (C=O) groups excluding carboxylic acids is 1. The number of ether oxygens (including phenoxy) is 2. The molecule has 2 aromatic carbocycles. The summed E-state index contributed by atoms with van der Waals surface area (Å²) >= 11 is 0. The molecule has 27 heavy (non-hydrogen) atoms. The van der Waals surface area contributed by atoms with Crippen molar-refractivity contribution in [1.29, 1.82) is 0 Å². The Bertz CT molecular complexity index is 897. The molecule has 0 N–H and O–H groups in total. The Balaban J connectivity index is 1.84. The molecule has 0 fully saturated rings. The molecular weight excluding hydrogens is 338 g/mol. The van der Waals surface area contributed by atoms with E-state index in [1.54, 1.807) is 0 Å². The zero-order valence-electron chi connectivity index (χ0n) is 16.2. The third-order valence-corrected chi connectivity index (χ3v) is 5.39. The second kappa shape index (κ2) is 6.22. The highest BCUT2D eigenvalue weighted by Crippen LogP contribution is 2.53. The summed E-state index contributed by atoms with van der Waals surface area (Å²) in [5.41, 5.74) is 1.51. The average Bonchev–Trinajstić information content (AvgIpc) is 2.95. The van der Waals surface area contributed by atoms with Gasteiger partial charge in [0.1, 0.15) is 17.1 Å². The Hall–Kier alpha value is -2.62. The Labute approximate surface area is 160 Å². The van der Waals surface area contributed by atoms with Crippen LogP contribution in [0.4, 0.5) is 0 Å². The molecule has 0 saturated carbocycles. The van der Waals surface area contributed by atoms with Crippen molar-refractivity contribution in [3.05, 3.63) is 65.7 Å². The third-order valence-electron chi connectivity index (χ3n) is 5.39. The lowest BCUT2D eigenvalue weighted by Gasteiger charge is -2.38. The van der Waals surface area contributed by atoms with Crippen LogP contribution in [0.25, 0.3) is 0 Å². The minimum Gasteiger partial charge on any atom is -0.493 e. The van der Waals surface area contributed by atoms with Gasteiger partial charge < -0.3 is 9.47 Å². The van der Waals surface area contributed by atoms with Gasteiger partial charge in [0, 0.05) is 17.4 Å². The number of hydrogen-bond donors (Lipinski definition) is 0. The first-order valence-corrected chi connectivity index (χ1v) is 9.40. The molecule has 3 atom stereocenters. The second-order valence-corrected chi connectivity index (χ2v) is 8.45. The summed E-state index contributed by atoms with van der Waals surface area (Å²) in [6.45, 7) is 8.26. The van der Waals surface area contributed by atoms with Crippen LogP contribution in [0.1, 0.15) is 44.7 Å². The van der Waals surface area contributed by atoms with Crippen LogP contribution < -0.4 is 4.74 Å². The van der Waals surface area contributed by atoms with Crippen LogP contribution in [0.2, 0.25) is 0 Å². The highest BCUT2D eigenvalue weighted by atomic mass is 16.6. The van der Waals surface area contributed by atoms with E-state index in [1.807, 2.05) is 63.2 Å². The maximum Gasteiger partial charge on any atom is 0.353 e. The fraction of sp³-hybridized carbons (Fsp3) is 0.391. The van der Waals surface area contributed by atoms with Crippen LogP contribution in [0.5, 0.6) is 5.75 Å². The lowest BCUT2D eigenvalue weighted by atomic mass is 9.71. The van der Waals surface area contributed by atoms with Gasteiger partial charge >= 0.3 is 5.97 Å². The Morgan fingerprint density at radius 1 is 1.11 bits per heavy atom. The summed E-state index contributed by atoms with van der Waals surface area (Å²) in [7, 11) is 0. The van der Waals surface area contributed by atoms with E-state index in [1.165, 1.54) is 0 Å². The molecule has 0 amide bonds. The smallest absolute Gasteiger partial charge is 0.353 e. The highest BCUT2D eigenvalue weighted by molar-refractivity contribution is 6.39. The molecule has 0 spiro atoms. The largest absolute Gasteiger partial charge is 0.493 e. The van der Waals surface area contributed by atoms with Gasteiger partial charge in [-0.3, -0.25) is 4.99 Å². The number of hydrogen-bond acceptors (Lipinski definition) is 4. The summed E-state index contributed by atoms with van der Waals surface area (Å²) in [4.78, 5) is 18.0. The van der Waals surface area contributed by atoms with Gasteiger partial charge in [0.15, 0.2) is 0 Å². The quantitative estimate of drug-likeness (QED) is 0.739.